The summed E-state index contributed by atoms with van der Waals surface area (Å²) in [5, 5.41) is 63.2. The number of aromatic nitrogens is 4. The van der Waals surface area contributed by atoms with Crippen molar-refractivity contribution in [2.75, 3.05) is 75.1 Å². The second kappa shape index (κ2) is 31.3. The normalized spacial score (nSPS) is 24.0. The summed E-state index contributed by atoms with van der Waals surface area (Å²) in [5.74, 6) is -5.61. The van der Waals surface area contributed by atoms with Crippen LogP contribution in [0.1, 0.15) is 115 Å². The zero-order valence-electron chi connectivity index (χ0n) is 57.0. The molecule has 0 radical (unpaired) electrons. The van der Waals surface area contributed by atoms with Gasteiger partial charge in [0.25, 0.3) is 27.8 Å². The molecule has 546 valence electrons. The lowest BCUT2D eigenvalue weighted by Crippen LogP contribution is -2.57. The molecule has 9 atom stereocenters. The maximum atomic E-state index is 14.3. The second-order valence-electron chi connectivity index (χ2n) is 27.9. The lowest BCUT2D eigenvalue weighted by Gasteiger charge is -2.58. The topological polar surface area (TPSA) is 399 Å². The summed E-state index contributed by atoms with van der Waals surface area (Å²) in [4.78, 5) is 103. The van der Waals surface area contributed by atoms with E-state index >= 15 is 0 Å². The lowest BCUT2D eigenvalue weighted by atomic mass is 9.51. The SMILES string of the molecule is Cc1c(-c2ccc(N3CCc4cccc(C(=O)Nc5nc6ccccc6s5)c4C3)nc2C(=O)O)cnn1CC1(C)CC2(C)CC(C)CC(OCCN(CCCS(=O)(=O)O)C(=O)OCc3ccc(O[C@@H]4C[C@H](C(=O)O)[C@@H](O)[C@H](O)[C@H]4O)cc3OCCOCCNC(=O)CCN3C(=O)C=CC3=O)(C2)C1. The highest BCUT2D eigenvalue weighted by molar-refractivity contribution is 7.85. The van der Waals surface area contributed by atoms with Gasteiger partial charge >= 0.3 is 18.0 Å². The van der Waals surface area contributed by atoms with Crippen molar-refractivity contribution in [1.29, 1.82) is 0 Å². The van der Waals surface area contributed by atoms with Crippen molar-refractivity contribution in [3.63, 3.8) is 0 Å². The third-order valence-corrected chi connectivity index (χ3v) is 21.4. The summed E-state index contributed by atoms with van der Waals surface area (Å²) in [6.07, 6.45) is 0.209. The summed E-state index contributed by atoms with van der Waals surface area (Å²) < 4.78 is 67.2. The predicted molar refractivity (Wildman–Crippen MR) is 370 cm³/mol. The zero-order chi connectivity index (χ0) is 72.8. The molecule has 3 aromatic carbocycles. The largest absolute Gasteiger partial charge is 0.491 e. The molecule has 102 heavy (non-hydrogen) atoms. The van der Waals surface area contributed by atoms with E-state index in [0.29, 0.717) is 72.1 Å². The van der Waals surface area contributed by atoms with Gasteiger partial charge < -0.3 is 64.3 Å². The number of aliphatic carboxylic acids is 1. The average molecular weight is 1450 g/mol. The molecule has 11 rings (SSSR count). The molecule has 5 amide bonds. The van der Waals surface area contributed by atoms with E-state index in [-0.39, 0.29) is 106 Å². The molecule has 6 aromatic rings. The highest BCUT2D eigenvalue weighted by Crippen LogP contribution is 2.60. The van der Waals surface area contributed by atoms with E-state index in [9.17, 15) is 72.1 Å². The van der Waals surface area contributed by atoms with Gasteiger partial charge in [0.2, 0.25) is 5.91 Å². The molecule has 4 unspecified atom stereocenters. The van der Waals surface area contributed by atoms with Crippen molar-refractivity contribution < 1.29 is 95.7 Å². The van der Waals surface area contributed by atoms with Crippen molar-refractivity contribution in [3.05, 3.63) is 125 Å². The lowest BCUT2D eigenvalue weighted by molar-refractivity contribution is -0.179. The van der Waals surface area contributed by atoms with Crippen molar-refractivity contribution in [1.82, 2.24) is 34.9 Å². The number of para-hydroxylation sites is 1. The third-order valence-electron chi connectivity index (χ3n) is 19.6. The number of imide groups is 1. The molecular weight excluding hydrogens is 1360 g/mol. The number of pyridine rings is 1. The van der Waals surface area contributed by atoms with E-state index in [1.807, 2.05) is 52.9 Å². The van der Waals surface area contributed by atoms with E-state index in [0.717, 1.165) is 63.4 Å². The molecule has 2 aliphatic heterocycles. The number of rotatable bonds is 30. The molecule has 0 saturated heterocycles. The molecule has 3 aromatic heterocycles. The van der Waals surface area contributed by atoms with E-state index < -0.39 is 99.6 Å². The molecule has 29 nitrogen and oxygen atoms in total. The number of benzene rings is 3. The van der Waals surface area contributed by atoms with Crippen LogP contribution in [-0.2, 0) is 69.6 Å². The summed E-state index contributed by atoms with van der Waals surface area (Å²) >= 11 is 1.39. The Labute approximate surface area is 592 Å². The smallest absolute Gasteiger partial charge is 0.410 e. The maximum Gasteiger partial charge on any atom is 0.410 e. The fourth-order valence-corrected chi connectivity index (χ4v) is 17.0. The van der Waals surface area contributed by atoms with Gasteiger partial charge in [0.15, 0.2) is 10.8 Å². The fourth-order valence-electron chi connectivity index (χ4n) is 15.7. The van der Waals surface area contributed by atoms with Gasteiger partial charge in [0.05, 0.1) is 59.6 Å². The van der Waals surface area contributed by atoms with Gasteiger partial charge in [0.1, 0.15) is 48.8 Å². The van der Waals surface area contributed by atoms with Crippen molar-refractivity contribution in [3.8, 4) is 22.6 Å². The van der Waals surface area contributed by atoms with E-state index in [4.69, 9.17) is 33.8 Å². The number of thiazole rings is 1. The van der Waals surface area contributed by atoms with Crippen molar-refractivity contribution in [2.45, 2.75) is 135 Å². The number of aromatic carboxylic acids is 1. The zero-order valence-corrected chi connectivity index (χ0v) is 58.7. The van der Waals surface area contributed by atoms with Crippen LogP contribution in [0, 0.1) is 29.6 Å². The number of carbonyl (C=O) groups is 7. The standard InChI is InChI=1S/C71H85N9O20S2/c1-42-33-69(3)38-70(4,41-80-43(2)50(35-73-80)47-15-16-56(75-60(47)66(90)91)78-23-19-44-9-7-10-48(51(44)36-78)64(87)76-67-74-52-11-5-6-12-55(52)101-67)40-71(34-42,39-69)99-27-25-77(22-8-30-102(93,94)95)68(92)98-37-45-13-14-46(100-54-32-49(65(88)89)61(84)63(86)62(54)85)31-53(45)97-29-28-96-26-21-72-57(81)20-24-79-58(82)17-18-59(79)83/h5-7,9-18,31,35,42,49,54,61-63,84-86H,8,19-30,32-34,36-41H2,1-4H3,(H,72,81)(H,88,89)(H,90,91)(H,74,76,87)(H,93,94,95)/t42?,49-,54+,61+,62-,63-,69?,70?,71?/m0/s1. The van der Waals surface area contributed by atoms with E-state index in [1.54, 1.807) is 24.4 Å². The van der Waals surface area contributed by atoms with Crippen molar-refractivity contribution >= 4 is 84.3 Å². The second-order valence-corrected chi connectivity index (χ2v) is 30.5. The number of carbonyl (C=O) groups excluding carboxylic acids is 5. The van der Waals surface area contributed by atoms with Crippen LogP contribution in [-0.4, -0.2) is 205 Å². The Kier molecular flexibility index (Phi) is 22.8. The molecule has 5 aliphatic rings. The first-order chi connectivity index (χ1) is 48.5. The van der Waals surface area contributed by atoms with Crippen molar-refractivity contribution in [2.24, 2.45) is 22.7 Å². The van der Waals surface area contributed by atoms with Crippen LogP contribution >= 0.6 is 11.3 Å². The molecule has 3 saturated carbocycles. The molecule has 3 aliphatic carbocycles. The van der Waals surface area contributed by atoms with Gasteiger partial charge in [-0.05, 0) is 122 Å². The Morgan fingerprint density at radius 2 is 1.64 bits per heavy atom. The number of hydrogen-bond acceptors (Lipinski definition) is 22. The molecular formula is C71H85N9O20S2. The number of fused-ring (bicyclic) bond motifs is 4. The average Bonchev–Trinajstić information content (AvgIpc) is 1.02. The summed E-state index contributed by atoms with van der Waals surface area (Å²) in [6, 6.07) is 21.2. The first-order valence-corrected chi connectivity index (χ1v) is 36.4. The monoisotopic (exact) mass is 1450 g/mol. The fraction of sp³-hybridized carbons (Fsp3) is 0.493. The van der Waals surface area contributed by atoms with Crippen LogP contribution in [0.2, 0.25) is 0 Å². The highest BCUT2D eigenvalue weighted by atomic mass is 32.2. The summed E-state index contributed by atoms with van der Waals surface area (Å²) in [7, 11) is -4.43. The van der Waals surface area contributed by atoms with Crippen LogP contribution in [0.4, 0.5) is 15.7 Å². The Morgan fingerprint density at radius 1 is 0.853 bits per heavy atom. The molecule has 2 bridgehead atoms. The number of nitrogens with zero attached hydrogens (tertiary/aromatic N) is 7. The predicted octanol–water partition coefficient (Wildman–Crippen LogP) is 6.44. The minimum Gasteiger partial charge on any atom is -0.491 e. The number of aliphatic hydroxyl groups excluding tert-OH is 3. The van der Waals surface area contributed by atoms with E-state index in [2.05, 4.69) is 36.4 Å². The molecule has 3 fully saturated rings. The Hall–Kier alpha value is -8.95. The summed E-state index contributed by atoms with van der Waals surface area (Å²) in [5.41, 5.74) is 3.74. The molecule has 8 N–H and O–H groups in total. The van der Waals surface area contributed by atoms with Gasteiger partial charge in [0, 0.05) is 105 Å². The number of nitrogens with one attached hydrogen (secondary N) is 2. The number of amides is 5. The third kappa shape index (κ3) is 17.7. The van der Waals surface area contributed by atoms with Crippen LogP contribution < -0.4 is 25.0 Å². The highest BCUT2D eigenvalue weighted by Gasteiger charge is 2.56. The minimum absolute atomic E-state index is 0.0150. The molecule has 31 heteroatoms. The van der Waals surface area contributed by atoms with Crippen LogP contribution in [0.3, 0.4) is 0 Å². The van der Waals surface area contributed by atoms with Crippen LogP contribution in [0.25, 0.3) is 21.3 Å². The Morgan fingerprint density at radius 3 is 2.39 bits per heavy atom. The van der Waals surface area contributed by atoms with E-state index in [1.165, 1.54) is 34.4 Å². The van der Waals surface area contributed by atoms with Gasteiger partial charge in [-0.2, -0.15) is 13.5 Å². The van der Waals surface area contributed by atoms with Gasteiger partial charge in [-0.15, -0.1) is 0 Å². The molecule has 0 spiro atoms. The summed E-state index contributed by atoms with van der Waals surface area (Å²) in [6.45, 7) is 9.16. The Balaban J connectivity index is 0.743. The molecule has 5 heterocycles. The van der Waals surface area contributed by atoms with Gasteiger partial charge in [-0.25, -0.2) is 19.6 Å². The quantitative estimate of drug-likeness (QED) is 0.0137. The minimum atomic E-state index is -4.43. The van der Waals surface area contributed by atoms with Crippen LogP contribution in [0.5, 0.6) is 11.5 Å². The number of carboxylic acids is 2. The number of carboxylic acid groups (broad SMARTS) is 2. The number of aliphatic hydroxyl groups is 3. The number of hydrogen-bond donors (Lipinski definition) is 8. The van der Waals surface area contributed by atoms with Crippen LogP contribution in [0.15, 0.2) is 91.1 Å². The maximum absolute atomic E-state index is 14.3. The van der Waals surface area contributed by atoms with Gasteiger partial charge in [-0.1, -0.05) is 56.4 Å². The number of ether oxygens (including phenoxy) is 5. The Bertz CT molecular complexity index is 4250. The number of anilines is 2. The van der Waals surface area contributed by atoms with Gasteiger partial charge in [-0.3, -0.25) is 43.4 Å². The first kappa shape index (κ1) is 74.2. The first-order valence-electron chi connectivity index (χ1n) is 33.9.